The van der Waals surface area contributed by atoms with E-state index in [0.717, 1.165) is 19.3 Å². The van der Waals surface area contributed by atoms with Crippen molar-refractivity contribution in [2.45, 2.75) is 76.9 Å². The van der Waals surface area contributed by atoms with Crippen LogP contribution >= 0.6 is 0 Å². The average molecular weight is 254 g/mol. The first-order chi connectivity index (χ1) is 8.74. The summed E-state index contributed by atoms with van der Waals surface area (Å²) >= 11 is 0. The summed E-state index contributed by atoms with van der Waals surface area (Å²) in [5.41, 5.74) is 4.30. The van der Waals surface area contributed by atoms with Crippen LogP contribution in [0.3, 0.4) is 0 Å². The van der Waals surface area contributed by atoms with Gasteiger partial charge in [-0.15, -0.1) is 0 Å². The molecule has 0 saturated heterocycles. The summed E-state index contributed by atoms with van der Waals surface area (Å²) in [5.74, 6) is 5.84. The van der Waals surface area contributed by atoms with Crippen LogP contribution in [0.1, 0.15) is 65.2 Å². The average Bonchev–Trinajstić information content (AvgIpc) is 2.37. The van der Waals surface area contributed by atoms with E-state index in [9.17, 15) is 0 Å². The highest BCUT2D eigenvalue weighted by Crippen LogP contribution is 2.31. The van der Waals surface area contributed by atoms with Crippen LogP contribution in [-0.2, 0) is 4.74 Å². The fourth-order valence-corrected chi connectivity index (χ4v) is 3.14. The molecule has 1 atom stereocenters. The first-order valence-corrected chi connectivity index (χ1v) is 7.44. The van der Waals surface area contributed by atoms with Crippen LogP contribution < -0.4 is 11.3 Å². The van der Waals surface area contributed by atoms with Gasteiger partial charge in [-0.05, 0) is 38.5 Å². The van der Waals surface area contributed by atoms with Gasteiger partial charge in [0.2, 0.25) is 0 Å². The largest absolute Gasteiger partial charge is 0.376 e. The Hall–Kier alpha value is -0.380. The van der Waals surface area contributed by atoms with Crippen molar-refractivity contribution in [1.29, 1.82) is 0 Å². The van der Waals surface area contributed by atoms with Crippen molar-refractivity contribution < 1.29 is 4.74 Å². The zero-order valence-electron chi connectivity index (χ0n) is 12.3. The minimum atomic E-state index is -0.167. The second-order valence-corrected chi connectivity index (χ2v) is 5.31. The normalized spacial score (nSPS) is 19.9. The zero-order valence-corrected chi connectivity index (χ0v) is 12.3. The van der Waals surface area contributed by atoms with E-state index >= 15 is 0 Å². The molecule has 3 heteroatoms. The van der Waals surface area contributed by atoms with Crippen molar-refractivity contribution in [2.24, 2.45) is 5.84 Å². The van der Waals surface area contributed by atoms with Gasteiger partial charge in [0, 0.05) is 7.11 Å². The van der Waals surface area contributed by atoms with Gasteiger partial charge < -0.3 is 4.74 Å². The van der Waals surface area contributed by atoms with Crippen LogP contribution in [0.25, 0.3) is 0 Å². The van der Waals surface area contributed by atoms with Crippen molar-refractivity contribution in [1.82, 2.24) is 5.43 Å². The molecule has 0 bridgehead atoms. The van der Waals surface area contributed by atoms with Gasteiger partial charge in [-0.1, -0.05) is 38.3 Å². The minimum absolute atomic E-state index is 0.149. The van der Waals surface area contributed by atoms with E-state index in [1.165, 1.54) is 37.7 Å². The van der Waals surface area contributed by atoms with Crippen LogP contribution in [0, 0.1) is 0 Å². The number of hydrazine groups is 1. The van der Waals surface area contributed by atoms with Crippen LogP contribution in [0.5, 0.6) is 0 Å². The molecule has 0 saturated carbocycles. The van der Waals surface area contributed by atoms with Crippen LogP contribution in [0.15, 0.2) is 11.6 Å². The molecule has 18 heavy (non-hydrogen) atoms. The highest BCUT2D eigenvalue weighted by molar-refractivity contribution is 5.17. The Morgan fingerprint density at radius 3 is 2.50 bits per heavy atom. The number of methoxy groups -OCH3 is 1. The van der Waals surface area contributed by atoms with Gasteiger partial charge >= 0.3 is 0 Å². The van der Waals surface area contributed by atoms with Crippen LogP contribution in [-0.4, -0.2) is 18.8 Å². The molecule has 106 valence electrons. The number of hydrogen-bond acceptors (Lipinski definition) is 3. The first kappa shape index (κ1) is 15.7. The van der Waals surface area contributed by atoms with E-state index < -0.39 is 0 Å². The number of nitrogens with one attached hydrogen (secondary N) is 1. The number of allylic oxidation sites excluding steroid dienone is 1. The summed E-state index contributed by atoms with van der Waals surface area (Å²) in [5, 5.41) is 0. The monoisotopic (exact) mass is 254 g/mol. The molecule has 1 aliphatic carbocycles. The fourth-order valence-electron chi connectivity index (χ4n) is 3.14. The summed E-state index contributed by atoms with van der Waals surface area (Å²) in [4.78, 5) is 0. The zero-order chi connectivity index (χ0) is 13.4. The molecule has 1 unspecified atom stereocenters. The van der Waals surface area contributed by atoms with Gasteiger partial charge in [0.05, 0.1) is 11.6 Å². The molecule has 0 aromatic heterocycles. The molecule has 1 aliphatic rings. The van der Waals surface area contributed by atoms with Crippen molar-refractivity contribution in [3.63, 3.8) is 0 Å². The molecule has 3 nitrogen and oxygen atoms in total. The van der Waals surface area contributed by atoms with Gasteiger partial charge in [0.15, 0.2) is 0 Å². The SMILES string of the molecule is CCC(CC)(OC)C(NN)C1=CCCCCCC1. The van der Waals surface area contributed by atoms with Crippen molar-refractivity contribution >= 4 is 0 Å². The Labute approximate surface area is 112 Å². The smallest absolute Gasteiger partial charge is 0.0876 e. The lowest BCUT2D eigenvalue weighted by molar-refractivity contribution is -0.0388. The third kappa shape index (κ3) is 3.56. The van der Waals surface area contributed by atoms with E-state index in [1.54, 1.807) is 7.11 Å². The molecule has 0 spiro atoms. The lowest BCUT2D eigenvalue weighted by atomic mass is 9.81. The van der Waals surface area contributed by atoms with Crippen molar-refractivity contribution in [2.75, 3.05) is 7.11 Å². The van der Waals surface area contributed by atoms with Gasteiger partial charge in [0.25, 0.3) is 0 Å². The van der Waals surface area contributed by atoms with E-state index in [0.29, 0.717) is 0 Å². The van der Waals surface area contributed by atoms with Crippen molar-refractivity contribution in [3.05, 3.63) is 11.6 Å². The number of nitrogens with two attached hydrogens (primary N) is 1. The molecule has 3 N–H and O–H groups in total. The molecule has 1 rings (SSSR count). The Kier molecular flexibility index (Phi) is 6.90. The van der Waals surface area contributed by atoms with E-state index in [-0.39, 0.29) is 11.6 Å². The predicted molar refractivity (Wildman–Crippen MR) is 77.2 cm³/mol. The molecule has 0 heterocycles. The quantitative estimate of drug-likeness (QED) is 0.434. The molecule has 0 aromatic carbocycles. The lowest BCUT2D eigenvalue weighted by Crippen LogP contribution is -2.55. The number of ether oxygens (including phenoxy) is 1. The molecule has 0 aromatic rings. The third-order valence-corrected chi connectivity index (χ3v) is 4.49. The fraction of sp³-hybridized carbons (Fsp3) is 0.867. The highest BCUT2D eigenvalue weighted by Gasteiger charge is 2.37. The van der Waals surface area contributed by atoms with Crippen LogP contribution in [0.4, 0.5) is 0 Å². The number of hydrogen-bond donors (Lipinski definition) is 2. The Morgan fingerprint density at radius 1 is 1.28 bits per heavy atom. The predicted octanol–water partition coefficient (Wildman–Crippen LogP) is 3.30. The van der Waals surface area contributed by atoms with E-state index in [1.807, 2.05) is 0 Å². The minimum Gasteiger partial charge on any atom is -0.376 e. The van der Waals surface area contributed by atoms with Gasteiger partial charge in [-0.3, -0.25) is 11.3 Å². The summed E-state index contributed by atoms with van der Waals surface area (Å²) in [6.07, 6.45) is 12.0. The van der Waals surface area contributed by atoms with Gasteiger partial charge in [-0.2, -0.15) is 0 Å². The maximum atomic E-state index is 5.84. The van der Waals surface area contributed by atoms with Gasteiger partial charge in [-0.25, -0.2) is 0 Å². The topological polar surface area (TPSA) is 47.3 Å². The first-order valence-electron chi connectivity index (χ1n) is 7.44. The summed E-state index contributed by atoms with van der Waals surface area (Å²) in [7, 11) is 1.81. The Bertz CT molecular complexity index is 251. The summed E-state index contributed by atoms with van der Waals surface area (Å²) in [6.45, 7) is 4.36. The van der Waals surface area contributed by atoms with Crippen LogP contribution in [0.2, 0.25) is 0 Å². The molecule has 0 amide bonds. The summed E-state index contributed by atoms with van der Waals surface area (Å²) in [6, 6.07) is 0.149. The molecule has 0 aliphatic heterocycles. The summed E-state index contributed by atoms with van der Waals surface area (Å²) < 4.78 is 5.83. The van der Waals surface area contributed by atoms with Gasteiger partial charge in [0.1, 0.15) is 0 Å². The Morgan fingerprint density at radius 2 is 1.94 bits per heavy atom. The molecule has 0 fully saturated rings. The third-order valence-electron chi connectivity index (χ3n) is 4.49. The molecule has 0 radical (unpaired) electrons. The maximum absolute atomic E-state index is 5.84. The van der Waals surface area contributed by atoms with E-state index in [4.69, 9.17) is 10.6 Å². The molecular weight excluding hydrogens is 224 g/mol. The lowest BCUT2D eigenvalue weighted by Gasteiger charge is -2.40. The highest BCUT2D eigenvalue weighted by atomic mass is 16.5. The number of rotatable bonds is 6. The van der Waals surface area contributed by atoms with Crippen molar-refractivity contribution in [3.8, 4) is 0 Å². The molecular formula is C15H30N2O. The second-order valence-electron chi connectivity index (χ2n) is 5.31. The van der Waals surface area contributed by atoms with E-state index in [2.05, 4.69) is 25.3 Å². The maximum Gasteiger partial charge on any atom is 0.0876 e. The standard InChI is InChI=1S/C15H30N2O/c1-4-15(5-2,18-3)14(17-16)13-11-9-7-6-8-10-12-13/h11,14,17H,4-10,12,16H2,1-3H3. The second kappa shape index (κ2) is 7.93. The Balaban J connectivity index is 2.91.